The van der Waals surface area contributed by atoms with Crippen molar-refractivity contribution in [2.24, 2.45) is 5.92 Å². The maximum atomic E-state index is 13.4. The van der Waals surface area contributed by atoms with E-state index in [1.54, 1.807) is 6.20 Å². The molecule has 0 aliphatic carbocycles. The lowest BCUT2D eigenvalue weighted by Crippen LogP contribution is -2.40. The molecule has 2 aromatic carbocycles. The van der Waals surface area contributed by atoms with E-state index in [0.29, 0.717) is 24.7 Å². The first kappa shape index (κ1) is 23.1. The third kappa shape index (κ3) is 5.71. The summed E-state index contributed by atoms with van der Waals surface area (Å²) in [5, 5.41) is 2.93. The van der Waals surface area contributed by atoms with Gasteiger partial charge in [-0.25, -0.2) is 14.4 Å². The number of piperidine rings is 1. The first-order valence-corrected chi connectivity index (χ1v) is 12.1. The molecule has 1 amide bonds. The summed E-state index contributed by atoms with van der Waals surface area (Å²) in [7, 11) is 0. The average molecular weight is 473 g/mol. The molecule has 0 atom stereocenters. The Kier molecular flexibility index (Phi) is 7.09. The molecule has 7 nitrogen and oxygen atoms in total. The summed E-state index contributed by atoms with van der Waals surface area (Å²) in [5.41, 5.74) is 3.52. The number of nitrogens with zero attached hydrogens (tertiary/aromatic N) is 5. The van der Waals surface area contributed by atoms with Gasteiger partial charge in [0.1, 0.15) is 17.3 Å². The van der Waals surface area contributed by atoms with Gasteiger partial charge in [-0.3, -0.25) is 9.78 Å². The number of hydrogen-bond donors (Lipinski definition) is 1. The van der Waals surface area contributed by atoms with E-state index in [4.69, 9.17) is 4.98 Å². The van der Waals surface area contributed by atoms with Gasteiger partial charge in [-0.1, -0.05) is 24.3 Å². The van der Waals surface area contributed by atoms with Crippen LogP contribution in [0.25, 0.3) is 11.0 Å². The number of aromatic nitrogens is 4. The fourth-order valence-electron chi connectivity index (χ4n) is 4.74. The van der Waals surface area contributed by atoms with Crippen LogP contribution in [0.15, 0.2) is 67.1 Å². The lowest BCUT2D eigenvalue weighted by Gasteiger charge is -2.31. The van der Waals surface area contributed by atoms with Crippen molar-refractivity contribution in [2.45, 2.75) is 25.8 Å². The highest BCUT2D eigenvalue weighted by atomic mass is 19.1. The van der Waals surface area contributed by atoms with Crippen LogP contribution in [0, 0.1) is 11.7 Å². The van der Waals surface area contributed by atoms with Crippen LogP contribution >= 0.6 is 0 Å². The van der Waals surface area contributed by atoms with Crippen LogP contribution in [-0.4, -0.2) is 56.5 Å². The van der Waals surface area contributed by atoms with Gasteiger partial charge in [-0.2, -0.15) is 0 Å². The highest BCUT2D eigenvalue weighted by Gasteiger charge is 2.22. The zero-order chi connectivity index (χ0) is 24.0. The fraction of sp³-hybridized carbons (Fsp3) is 0.333. The number of nitrogens with one attached hydrogen (secondary N) is 1. The maximum absolute atomic E-state index is 13.4. The zero-order valence-electron chi connectivity index (χ0n) is 19.6. The molecular formula is C27H29FN6O. The molecule has 1 aliphatic rings. The standard InChI is InChI=1S/C27H29FN6O/c28-22-7-5-21(6-8-22)19-34-25-4-2-1-3-23(25)32-26(34)17-20-9-14-33(15-10-20)16-13-31-27(35)24-18-29-11-12-30-24/h1-8,11-12,18,20H,9-10,13-17,19H2,(H,31,35). The number of hydrogen-bond acceptors (Lipinski definition) is 5. The molecule has 5 rings (SSSR count). The Labute approximate surface area is 204 Å². The number of imidazole rings is 1. The molecule has 180 valence electrons. The Bertz CT molecular complexity index is 1270. The number of halogens is 1. The molecular weight excluding hydrogens is 443 g/mol. The number of amides is 1. The number of benzene rings is 2. The van der Waals surface area contributed by atoms with Crippen molar-refractivity contribution in [3.05, 3.63) is 90.0 Å². The zero-order valence-corrected chi connectivity index (χ0v) is 19.6. The summed E-state index contributed by atoms with van der Waals surface area (Å²) in [6, 6.07) is 14.9. The van der Waals surface area contributed by atoms with Gasteiger partial charge >= 0.3 is 0 Å². The summed E-state index contributed by atoms with van der Waals surface area (Å²) >= 11 is 0. The van der Waals surface area contributed by atoms with Crippen molar-refractivity contribution in [2.75, 3.05) is 26.2 Å². The fourth-order valence-corrected chi connectivity index (χ4v) is 4.74. The van der Waals surface area contributed by atoms with Crippen LogP contribution in [0.2, 0.25) is 0 Å². The van der Waals surface area contributed by atoms with E-state index in [2.05, 4.69) is 36.9 Å². The Morgan fingerprint density at radius 3 is 2.63 bits per heavy atom. The van der Waals surface area contributed by atoms with E-state index >= 15 is 0 Å². The monoisotopic (exact) mass is 472 g/mol. The smallest absolute Gasteiger partial charge is 0.271 e. The number of carbonyl (C=O) groups excluding carboxylic acids is 1. The topological polar surface area (TPSA) is 75.9 Å². The third-order valence-electron chi connectivity index (χ3n) is 6.68. The lowest BCUT2D eigenvalue weighted by atomic mass is 9.93. The molecule has 4 aromatic rings. The Morgan fingerprint density at radius 2 is 1.86 bits per heavy atom. The number of rotatable bonds is 8. The van der Waals surface area contributed by atoms with Crippen LogP contribution in [-0.2, 0) is 13.0 Å². The van der Waals surface area contributed by atoms with Gasteiger partial charge in [0.25, 0.3) is 5.91 Å². The van der Waals surface area contributed by atoms with Gasteiger partial charge in [0.15, 0.2) is 0 Å². The number of carbonyl (C=O) groups is 1. The molecule has 0 bridgehead atoms. The van der Waals surface area contributed by atoms with Crippen molar-refractivity contribution in [3.8, 4) is 0 Å². The van der Waals surface area contributed by atoms with E-state index in [9.17, 15) is 9.18 Å². The summed E-state index contributed by atoms with van der Waals surface area (Å²) < 4.78 is 15.7. The molecule has 1 saturated heterocycles. The van der Waals surface area contributed by atoms with E-state index < -0.39 is 0 Å². The van der Waals surface area contributed by atoms with Crippen molar-refractivity contribution < 1.29 is 9.18 Å². The quantitative estimate of drug-likeness (QED) is 0.423. The molecule has 1 N–H and O–H groups in total. The van der Waals surface area contributed by atoms with Gasteiger partial charge in [-0.15, -0.1) is 0 Å². The molecule has 0 spiro atoms. The maximum Gasteiger partial charge on any atom is 0.271 e. The van der Waals surface area contributed by atoms with Crippen molar-refractivity contribution in [1.29, 1.82) is 0 Å². The van der Waals surface area contributed by atoms with Gasteiger partial charge in [0.2, 0.25) is 0 Å². The summed E-state index contributed by atoms with van der Waals surface area (Å²) in [5.74, 6) is 1.24. The molecule has 35 heavy (non-hydrogen) atoms. The average Bonchev–Trinajstić information content (AvgIpc) is 3.23. The molecule has 8 heteroatoms. The van der Waals surface area contributed by atoms with Crippen LogP contribution in [0.1, 0.15) is 34.7 Å². The second kappa shape index (κ2) is 10.7. The Morgan fingerprint density at radius 1 is 1.06 bits per heavy atom. The predicted octanol–water partition coefficient (Wildman–Crippen LogP) is 3.70. The summed E-state index contributed by atoms with van der Waals surface area (Å²) in [6.45, 7) is 4.10. The van der Waals surface area contributed by atoms with Gasteiger partial charge in [0.05, 0.1) is 17.2 Å². The highest BCUT2D eigenvalue weighted by molar-refractivity contribution is 5.91. The first-order valence-electron chi connectivity index (χ1n) is 12.1. The molecule has 1 fully saturated rings. The van der Waals surface area contributed by atoms with Gasteiger partial charge < -0.3 is 14.8 Å². The number of para-hydroxylation sites is 2. The molecule has 0 radical (unpaired) electrons. The largest absolute Gasteiger partial charge is 0.349 e. The molecule has 0 saturated carbocycles. The van der Waals surface area contributed by atoms with Gasteiger partial charge in [-0.05, 0) is 61.7 Å². The third-order valence-corrected chi connectivity index (χ3v) is 6.68. The summed E-state index contributed by atoms with van der Waals surface area (Å²) in [6.07, 6.45) is 7.67. The first-order chi connectivity index (χ1) is 17.2. The highest BCUT2D eigenvalue weighted by Crippen LogP contribution is 2.25. The second-order valence-electron chi connectivity index (χ2n) is 9.07. The minimum atomic E-state index is -0.218. The SMILES string of the molecule is O=C(NCCN1CCC(Cc2nc3ccccc3n2Cc2ccc(F)cc2)CC1)c1cnccn1. The number of fused-ring (bicyclic) bond motifs is 1. The van der Waals surface area contributed by atoms with Crippen LogP contribution in [0.5, 0.6) is 0 Å². The second-order valence-corrected chi connectivity index (χ2v) is 9.07. The van der Waals surface area contributed by atoms with Crippen LogP contribution < -0.4 is 5.32 Å². The van der Waals surface area contributed by atoms with E-state index in [-0.39, 0.29) is 11.7 Å². The minimum absolute atomic E-state index is 0.187. The summed E-state index contributed by atoms with van der Waals surface area (Å²) in [4.78, 5) is 27.5. The van der Waals surface area contributed by atoms with Crippen molar-refractivity contribution in [3.63, 3.8) is 0 Å². The van der Waals surface area contributed by atoms with Crippen molar-refractivity contribution in [1.82, 2.24) is 29.7 Å². The van der Waals surface area contributed by atoms with Crippen LogP contribution in [0.3, 0.4) is 0 Å². The van der Waals surface area contributed by atoms with E-state index in [0.717, 1.165) is 61.3 Å². The predicted molar refractivity (Wildman–Crippen MR) is 132 cm³/mol. The lowest BCUT2D eigenvalue weighted by molar-refractivity contribution is 0.0938. The van der Waals surface area contributed by atoms with Gasteiger partial charge in [0, 0.05) is 38.4 Å². The van der Waals surface area contributed by atoms with E-state index in [1.807, 2.05) is 24.3 Å². The normalized spacial score (nSPS) is 14.9. The van der Waals surface area contributed by atoms with Crippen molar-refractivity contribution >= 4 is 16.9 Å². The number of likely N-dealkylation sites (tertiary alicyclic amines) is 1. The molecule has 3 heterocycles. The molecule has 0 unspecified atom stereocenters. The Hall–Kier alpha value is -3.65. The molecule has 1 aliphatic heterocycles. The molecule has 2 aromatic heterocycles. The Balaban J connectivity index is 1.17. The van der Waals surface area contributed by atoms with Crippen LogP contribution in [0.4, 0.5) is 4.39 Å². The van der Waals surface area contributed by atoms with E-state index in [1.165, 1.54) is 24.5 Å². The minimum Gasteiger partial charge on any atom is -0.349 e.